The lowest BCUT2D eigenvalue weighted by Crippen LogP contribution is -2.31. The van der Waals surface area contributed by atoms with Gasteiger partial charge in [0, 0.05) is 12.6 Å². The van der Waals surface area contributed by atoms with Gasteiger partial charge in [-0.25, -0.2) is 0 Å². The van der Waals surface area contributed by atoms with Gasteiger partial charge in [-0.2, -0.15) is 0 Å². The number of hydrogen-bond acceptors (Lipinski definition) is 2. The topological polar surface area (TPSA) is 23.5 Å². The van der Waals surface area contributed by atoms with Crippen LogP contribution in [-0.2, 0) is 13.0 Å². The second-order valence-corrected chi connectivity index (χ2v) is 4.62. The van der Waals surface area contributed by atoms with E-state index < -0.39 is 0 Å². The first kappa shape index (κ1) is 11.6. The molecular formula is C14H21NO. The summed E-state index contributed by atoms with van der Waals surface area (Å²) in [5.41, 5.74) is 2.75. The zero-order chi connectivity index (χ0) is 11.4. The minimum absolute atomic E-state index is 0.299. The van der Waals surface area contributed by atoms with Crippen molar-refractivity contribution < 1.29 is 5.11 Å². The fourth-order valence-corrected chi connectivity index (χ4v) is 2.42. The summed E-state index contributed by atoms with van der Waals surface area (Å²) in [4.78, 5) is 2.39. The molecule has 1 aromatic rings. The van der Waals surface area contributed by atoms with E-state index in [1.807, 2.05) is 0 Å². The van der Waals surface area contributed by atoms with E-state index >= 15 is 0 Å². The predicted octanol–water partition coefficient (Wildman–Crippen LogP) is 2.21. The molecule has 2 nitrogen and oxygen atoms in total. The Kier molecular flexibility index (Phi) is 3.97. The maximum atomic E-state index is 9.25. The van der Waals surface area contributed by atoms with Crippen molar-refractivity contribution in [3.8, 4) is 0 Å². The van der Waals surface area contributed by atoms with Gasteiger partial charge >= 0.3 is 0 Å². The average Bonchev–Trinajstić information content (AvgIpc) is 2.77. The zero-order valence-electron chi connectivity index (χ0n) is 10.0. The Bertz CT molecular complexity index is 320. The summed E-state index contributed by atoms with van der Waals surface area (Å²) in [6.07, 6.45) is 3.46. The molecule has 0 spiro atoms. The number of nitrogens with zero attached hydrogens (tertiary/aromatic N) is 1. The molecule has 1 heterocycles. The van der Waals surface area contributed by atoms with Gasteiger partial charge in [0.2, 0.25) is 0 Å². The predicted molar refractivity (Wildman–Crippen MR) is 66.3 cm³/mol. The molecule has 0 aromatic heterocycles. The summed E-state index contributed by atoms with van der Waals surface area (Å²) in [7, 11) is 0. The van der Waals surface area contributed by atoms with Gasteiger partial charge in [0.05, 0.1) is 6.61 Å². The quantitative estimate of drug-likeness (QED) is 0.839. The van der Waals surface area contributed by atoms with E-state index in [0.717, 1.165) is 25.9 Å². The highest BCUT2D eigenvalue weighted by Crippen LogP contribution is 2.19. The highest BCUT2D eigenvalue weighted by molar-refractivity contribution is 5.22. The third-order valence-corrected chi connectivity index (χ3v) is 3.53. The van der Waals surface area contributed by atoms with Crippen molar-refractivity contribution >= 4 is 0 Å². The zero-order valence-corrected chi connectivity index (χ0v) is 10.0. The first-order valence-corrected chi connectivity index (χ1v) is 6.26. The van der Waals surface area contributed by atoms with Crippen LogP contribution in [0.25, 0.3) is 0 Å². The van der Waals surface area contributed by atoms with E-state index in [1.54, 1.807) is 0 Å². The van der Waals surface area contributed by atoms with Gasteiger partial charge in [0.15, 0.2) is 0 Å². The molecule has 0 amide bonds. The molecule has 2 heteroatoms. The molecule has 0 saturated carbocycles. The smallest absolute Gasteiger partial charge is 0.0587 e. The van der Waals surface area contributed by atoms with E-state index in [1.165, 1.54) is 17.5 Å². The lowest BCUT2D eigenvalue weighted by molar-refractivity contribution is 0.153. The lowest BCUT2D eigenvalue weighted by Gasteiger charge is -2.22. The van der Waals surface area contributed by atoms with E-state index in [2.05, 4.69) is 36.1 Å². The Balaban J connectivity index is 1.97. The van der Waals surface area contributed by atoms with Crippen LogP contribution in [0, 0.1) is 0 Å². The summed E-state index contributed by atoms with van der Waals surface area (Å²) >= 11 is 0. The Hall–Kier alpha value is -0.860. The molecule has 1 fully saturated rings. The standard InChI is InChI=1S/C14H21NO/c1-2-12-5-7-13(8-6-12)10-15-9-3-4-14(15)11-16/h5-8,14,16H,2-4,9-11H2,1H3. The van der Waals surface area contributed by atoms with Crippen LogP contribution < -0.4 is 0 Å². The van der Waals surface area contributed by atoms with Crippen LogP contribution in [0.15, 0.2) is 24.3 Å². The molecule has 88 valence electrons. The SMILES string of the molecule is CCc1ccc(CN2CCCC2CO)cc1. The summed E-state index contributed by atoms with van der Waals surface area (Å²) in [5.74, 6) is 0. The van der Waals surface area contributed by atoms with Crippen LogP contribution in [0.5, 0.6) is 0 Å². The fraction of sp³-hybridized carbons (Fsp3) is 0.571. The van der Waals surface area contributed by atoms with Gasteiger partial charge in [0.1, 0.15) is 0 Å². The molecular weight excluding hydrogens is 198 g/mol. The Labute approximate surface area is 97.9 Å². The highest BCUT2D eigenvalue weighted by atomic mass is 16.3. The van der Waals surface area contributed by atoms with Gasteiger partial charge < -0.3 is 5.11 Å². The molecule has 2 rings (SSSR count). The summed E-state index contributed by atoms with van der Waals surface area (Å²) in [6.45, 7) is 4.58. The van der Waals surface area contributed by atoms with Crippen molar-refractivity contribution in [2.75, 3.05) is 13.2 Å². The van der Waals surface area contributed by atoms with Crippen molar-refractivity contribution in [2.24, 2.45) is 0 Å². The maximum absolute atomic E-state index is 9.25. The number of hydrogen-bond donors (Lipinski definition) is 1. The Morgan fingerprint density at radius 2 is 1.94 bits per heavy atom. The third kappa shape index (κ3) is 2.63. The van der Waals surface area contributed by atoms with Gasteiger partial charge in [-0.3, -0.25) is 4.90 Å². The van der Waals surface area contributed by atoms with Crippen molar-refractivity contribution in [3.05, 3.63) is 35.4 Å². The molecule has 0 aliphatic carbocycles. The normalized spacial score (nSPS) is 21.5. The highest BCUT2D eigenvalue weighted by Gasteiger charge is 2.23. The van der Waals surface area contributed by atoms with Crippen LogP contribution in [0.3, 0.4) is 0 Å². The van der Waals surface area contributed by atoms with Gasteiger partial charge in [-0.15, -0.1) is 0 Å². The van der Waals surface area contributed by atoms with E-state index in [0.29, 0.717) is 12.6 Å². The molecule has 1 N–H and O–H groups in total. The molecule has 1 aliphatic heterocycles. The Morgan fingerprint density at radius 3 is 2.56 bits per heavy atom. The van der Waals surface area contributed by atoms with Gasteiger partial charge in [-0.05, 0) is 36.9 Å². The van der Waals surface area contributed by atoms with E-state index in [4.69, 9.17) is 0 Å². The number of aliphatic hydroxyl groups is 1. The largest absolute Gasteiger partial charge is 0.395 e. The first-order valence-electron chi connectivity index (χ1n) is 6.26. The van der Waals surface area contributed by atoms with Gasteiger partial charge in [0.25, 0.3) is 0 Å². The molecule has 1 unspecified atom stereocenters. The molecule has 1 atom stereocenters. The monoisotopic (exact) mass is 219 g/mol. The van der Waals surface area contributed by atoms with E-state index in [-0.39, 0.29) is 0 Å². The second-order valence-electron chi connectivity index (χ2n) is 4.62. The average molecular weight is 219 g/mol. The fourth-order valence-electron chi connectivity index (χ4n) is 2.42. The van der Waals surface area contributed by atoms with Crippen molar-refractivity contribution in [3.63, 3.8) is 0 Å². The second kappa shape index (κ2) is 5.46. The number of aryl methyl sites for hydroxylation is 1. The van der Waals surface area contributed by atoms with Crippen LogP contribution in [0.2, 0.25) is 0 Å². The first-order chi connectivity index (χ1) is 7.83. The lowest BCUT2D eigenvalue weighted by atomic mass is 10.1. The number of aliphatic hydroxyl groups excluding tert-OH is 1. The van der Waals surface area contributed by atoms with Crippen LogP contribution in [0.1, 0.15) is 30.9 Å². The van der Waals surface area contributed by atoms with Crippen LogP contribution in [0.4, 0.5) is 0 Å². The summed E-state index contributed by atoms with van der Waals surface area (Å²) < 4.78 is 0. The minimum atomic E-state index is 0.299. The van der Waals surface area contributed by atoms with Gasteiger partial charge in [-0.1, -0.05) is 31.2 Å². The third-order valence-electron chi connectivity index (χ3n) is 3.53. The van der Waals surface area contributed by atoms with Crippen LogP contribution >= 0.6 is 0 Å². The van der Waals surface area contributed by atoms with Crippen LogP contribution in [-0.4, -0.2) is 29.2 Å². The van der Waals surface area contributed by atoms with Crippen molar-refractivity contribution in [1.82, 2.24) is 4.90 Å². The minimum Gasteiger partial charge on any atom is -0.395 e. The molecule has 1 saturated heterocycles. The van der Waals surface area contributed by atoms with E-state index in [9.17, 15) is 5.11 Å². The molecule has 16 heavy (non-hydrogen) atoms. The molecule has 0 bridgehead atoms. The number of rotatable bonds is 4. The summed E-state index contributed by atoms with van der Waals surface area (Å²) in [5, 5.41) is 9.25. The molecule has 0 radical (unpaired) electrons. The maximum Gasteiger partial charge on any atom is 0.0587 e. The molecule has 1 aliphatic rings. The van der Waals surface area contributed by atoms with Crippen molar-refractivity contribution in [2.45, 2.75) is 38.8 Å². The Morgan fingerprint density at radius 1 is 1.25 bits per heavy atom. The number of benzene rings is 1. The summed E-state index contributed by atoms with van der Waals surface area (Å²) in [6, 6.07) is 9.22. The van der Waals surface area contributed by atoms with Crippen molar-refractivity contribution in [1.29, 1.82) is 0 Å². The molecule has 1 aromatic carbocycles. The number of likely N-dealkylation sites (tertiary alicyclic amines) is 1.